The molecular formula is C24H19FN2O3S2. The number of aryl methyl sites for hydroxylation is 1. The molecule has 0 fully saturated rings. The SMILES string of the molecule is Cc1ccc(C(=O)Nc2nc(-c3ccccc3S(C)(=O)=O)c(-c3ccc(F)cc3)s2)cc1. The summed E-state index contributed by atoms with van der Waals surface area (Å²) in [7, 11) is -3.53. The minimum Gasteiger partial charge on any atom is -0.298 e. The summed E-state index contributed by atoms with van der Waals surface area (Å²) in [5.74, 6) is -0.711. The summed E-state index contributed by atoms with van der Waals surface area (Å²) in [5, 5.41) is 3.11. The van der Waals surface area contributed by atoms with Crippen molar-refractivity contribution in [3.05, 3.63) is 89.7 Å². The molecule has 162 valence electrons. The third kappa shape index (κ3) is 4.61. The van der Waals surface area contributed by atoms with Crippen LogP contribution in [0.15, 0.2) is 77.7 Å². The number of nitrogens with zero attached hydrogens (tertiary/aromatic N) is 1. The first kappa shape index (κ1) is 21.9. The third-order valence-electron chi connectivity index (χ3n) is 4.81. The smallest absolute Gasteiger partial charge is 0.257 e. The number of sulfone groups is 1. The Morgan fingerprint density at radius 3 is 2.28 bits per heavy atom. The number of nitrogens with one attached hydrogen (secondary N) is 1. The Hall–Kier alpha value is -3.36. The molecule has 0 saturated heterocycles. The van der Waals surface area contributed by atoms with Crippen molar-refractivity contribution >= 4 is 32.2 Å². The number of hydrogen-bond acceptors (Lipinski definition) is 5. The maximum Gasteiger partial charge on any atom is 0.257 e. The minimum absolute atomic E-state index is 0.130. The molecule has 8 heteroatoms. The topological polar surface area (TPSA) is 76.1 Å². The number of hydrogen-bond donors (Lipinski definition) is 1. The van der Waals surface area contributed by atoms with Crippen LogP contribution in [0.2, 0.25) is 0 Å². The molecule has 4 rings (SSSR count). The van der Waals surface area contributed by atoms with Crippen LogP contribution < -0.4 is 5.32 Å². The van der Waals surface area contributed by atoms with Crippen molar-refractivity contribution in [2.75, 3.05) is 11.6 Å². The zero-order valence-corrected chi connectivity index (χ0v) is 18.9. The highest BCUT2D eigenvalue weighted by atomic mass is 32.2. The van der Waals surface area contributed by atoms with E-state index in [0.29, 0.717) is 32.4 Å². The molecular weight excluding hydrogens is 447 g/mol. The van der Waals surface area contributed by atoms with E-state index in [4.69, 9.17) is 0 Å². The average Bonchev–Trinajstić information content (AvgIpc) is 3.17. The van der Waals surface area contributed by atoms with E-state index >= 15 is 0 Å². The first-order valence-electron chi connectivity index (χ1n) is 9.66. The van der Waals surface area contributed by atoms with Crippen LogP contribution in [0.25, 0.3) is 21.7 Å². The Morgan fingerprint density at radius 2 is 1.62 bits per heavy atom. The molecule has 1 N–H and O–H groups in total. The fourth-order valence-electron chi connectivity index (χ4n) is 3.21. The molecule has 0 bridgehead atoms. The lowest BCUT2D eigenvalue weighted by Crippen LogP contribution is -2.11. The van der Waals surface area contributed by atoms with Gasteiger partial charge >= 0.3 is 0 Å². The molecule has 4 aromatic rings. The summed E-state index contributed by atoms with van der Waals surface area (Å²) in [6.45, 7) is 1.93. The highest BCUT2D eigenvalue weighted by Crippen LogP contribution is 2.41. The van der Waals surface area contributed by atoms with Gasteiger partial charge in [-0.15, -0.1) is 0 Å². The Balaban J connectivity index is 1.82. The lowest BCUT2D eigenvalue weighted by Gasteiger charge is -2.08. The summed E-state index contributed by atoms with van der Waals surface area (Å²) >= 11 is 1.20. The van der Waals surface area contributed by atoms with E-state index in [1.54, 1.807) is 42.5 Å². The summed E-state index contributed by atoms with van der Waals surface area (Å²) in [4.78, 5) is 18.0. The van der Waals surface area contributed by atoms with Crippen LogP contribution in [-0.2, 0) is 9.84 Å². The molecule has 0 atom stereocenters. The highest BCUT2D eigenvalue weighted by Gasteiger charge is 2.22. The third-order valence-corrected chi connectivity index (χ3v) is 6.98. The maximum atomic E-state index is 13.5. The molecule has 0 aliphatic carbocycles. The molecule has 3 aromatic carbocycles. The number of carbonyl (C=O) groups is 1. The van der Waals surface area contributed by atoms with Gasteiger partial charge in [-0.3, -0.25) is 10.1 Å². The summed E-state index contributed by atoms with van der Waals surface area (Å²) in [6.07, 6.45) is 1.13. The second-order valence-corrected chi connectivity index (χ2v) is 10.3. The van der Waals surface area contributed by atoms with Crippen LogP contribution in [0.3, 0.4) is 0 Å². The van der Waals surface area contributed by atoms with Gasteiger partial charge in [0.05, 0.1) is 15.5 Å². The molecule has 0 radical (unpaired) electrons. The molecule has 1 aromatic heterocycles. The van der Waals surface area contributed by atoms with Crippen molar-refractivity contribution in [3.63, 3.8) is 0 Å². The fraction of sp³-hybridized carbons (Fsp3) is 0.0833. The van der Waals surface area contributed by atoms with Gasteiger partial charge in [0.25, 0.3) is 5.91 Å². The summed E-state index contributed by atoms with van der Waals surface area (Å²) in [6, 6.07) is 19.5. The van der Waals surface area contributed by atoms with Crippen molar-refractivity contribution in [3.8, 4) is 21.7 Å². The molecule has 0 saturated carbocycles. The van der Waals surface area contributed by atoms with E-state index in [-0.39, 0.29) is 16.6 Å². The lowest BCUT2D eigenvalue weighted by atomic mass is 10.1. The number of aromatic nitrogens is 1. The predicted molar refractivity (Wildman–Crippen MR) is 125 cm³/mol. The molecule has 0 aliphatic rings. The number of carbonyl (C=O) groups excluding carboxylic acids is 1. The van der Waals surface area contributed by atoms with E-state index in [0.717, 1.165) is 11.8 Å². The number of amides is 1. The largest absolute Gasteiger partial charge is 0.298 e. The van der Waals surface area contributed by atoms with Crippen molar-refractivity contribution in [2.45, 2.75) is 11.8 Å². The summed E-state index contributed by atoms with van der Waals surface area (Å²) < 4.78 is 38.2. The van der Waals surface area contributed by atoms with Crippen molar-refractivity contribution < 1.29 is 17.6 Å². The van der Waals surface area contributed by atoms with Gasteiger partial charge in [0.15, 0.2) is 15.0 Å². The van der Waals surface area contributed by atoms with Gasteiger partial charge in [-0.25, -0.2) is 17.8 Å². The first-order chi connectivity index (χ1) is 15.2. The molecule has 5 nitrogen and oxygen atoms in total. The van der Waals surface area contributed by atoms with Gasteiger partial charge in [-0.1, -0.05) is 59.4 Å². The highest BCUT2D eigenvalue weighted by molar-refractivity contribution is 7.90. The molecule has 0 spiro atoms. The Kier molecular flexibility index (Phi) is 5.90. The molecule has 32 heavy (non-hydrogen) atoms. The van der Waals surface area contributed by atoms with Gasteiger partial charge in [-0.2, -0.15) is 0 Å². The van der Waals surface area contributed by atoms with Crippen LogP contribution in [0, 0.1) is 12.7 Å². The zero-order valence-electron chi connectivity index (χ0n) is 17.3. The number of anilines is 1. The van der Waals surface area contributed by atoms with Gasteiger partial charge < -0.3 is 0 Å². The second-order valence-electron chi connectivity index (χ2n) is 7.29. The number of thiazole rings is 1. The monoisotopic (exact) mass is 466 g/mol. The maximum absolute atomic E-state index is 13.5. The number of rotatable bonds is 5. The fourth-order valence-corrected chi connectivity index (χ4v) is 5.08. The molecule has 0 unspecified atom stereocenters. The molecule has 1 heterocycles. The lowest BCUT2D eigenvalue weighted by molar-refractivity contribution is 0.102. The average molecular weight is 467 g/mol. The Bertz CT molecular complexity index is 1390. The Morgan fingerprint density at radius 1 is 0.969 bits per heavy atom. The quantitative estimate of drug-likeness (QED) is 0.417. The molecule has 1 amide bonds. The first-order valence-corrected chi connectivity index (χ1v) is 12.4. The van der Waals surface area contributed by atoms with Crippen LogP contribution in [0.5, 0.6) is 0 Å². The van der Waals surface area contributed by atoms with Crippen LogP contribution in [-0.4, -0.2) is 25.6 Å². The van der Waals surface area contributed by atoms with Gasteiger partial charge in [-0.05, 0) is 42.8 Å². The van der Waals surface area contributed by atoms with Crippen LogP contribution in [0.1, 0.15) is 15.9 Å². The van der Waals surface area contributed by atoms with Crippen molar-refractivity contribution in [1.29, 1.82) is 0 Å². The van der Waals surface area contributed by atoms with Crippen molar-refractivity contribution in [2.24, 2.45) is 0 Å². The zero-order chi connectivity index (χ0) is 22.9. The van der Waals surface area contributed by atoms with E-state index in [1.165, 1.54) is 29.5 Å². The number of benzene rings is 3. The minimum atomic E-state index is -3.53. The predicted octanol–water partition coefficient (Wildman–Crippen LogP) is 5.58. The molecule has 0 aliphatic heterocycles. The van der Waals surface area contributed by atoms with Gasteiger partial charge in [0.1, 0.15) is 5.82 Å². The van der Waals surface area contributed by atoms with Gasteiger partial charge in [0.2, 0.25) is 0 Å². The normalized spacial score (nSPS) is 11.3. The van der Waals surface area contributed by atoms with E-state index in [1.807, 2.05) is 19.1 Å². The van der Waals surface area contributed by atoms with Crippen LogP contribution in [0.4, 0.5) is 9.52 Å². The van der Waals surface area contributed by atoms with Crippen molar-refractivity contribution in [1.82, 2.24) is 4.98 Å². The standard InChI is InChI=1S/C24H19FN2O3S2/c1-15-7-9-17(10-8-15)23(28)27-24-26-21(19-5-3-4-6-20(19)32(2,29)30)22(31-24)16-11-13-18(25)14-12-16/h3-14H,1-2H3,(H,26,27,28). The van der Waals surface area contributed by atoms with Crippen LogP contribution >= 0.6 is 11.3 Å². The van der Waals surface area contributed by atoms with E-state index in [9.17, 15) is 17.6 Å². The second kappa shape index (κ2) is 8.64. The summed E-state index contributed by atoms with van der Waals surface area (Å²) in [5.41, 5.74) is 3.00. The van der Waals surface area contributed by atoms with E-state index in [2.05, 4.69) is 10.3 Å². The van der Waals surface area contributed by atoms with E-state index < -0.39 is 9.84 Å². The van der Waals surface area contributed by atoms with Gasteiger partial charge in [0, 0.05) is 17.4 Å². The Labute approximate surface area is 189 Å². The number of halogens is 1.